The molecule has 0 radical (unpaired) electrons. The molecule has 1 amide bonds. The third kappa shape index (κ3) is 4.69. The van der Waals surface area contributed by atoms with E-state index in [0.717, 1.165) is 22.4 Å². The molecule has 0 saturated carbocycles. The zero-order valence-electron chi connectivity index (χ0n) is 19.7. The lowest BCUT2D eigenvalue weighted by Gasteiger charge is -2.19. The van der Waals surface area contributed by atoms with Gasteiger partial charge in [0.05, 0.1) is 43.9 Å². The van der Waals surface area contributed by atoms with Gasteiger partial charge in [-0.3, -0.25) is 4.79 Å². The zero-order valence-corrected chi connectivity index (χ0v) is 21.3. The van der Waals surface area contributed by atoms with Crippen LogP contribution in [0.4, 0.5) is 0 Å². The number of hydrogen-bond acceptors (Lipinski definition) is 11. The molecular weight excluding hydrogens is 504 g/mol. The predicted octanol–water partition coefficient (Wildman–Crippen LogP) is 4.89. The van der Waals surface area contributed by atoms with Crippen molar-refractivity contribution in [2.45, 2.75) is 17.7 Å². The van der Waals surface area contributed by atoms with Gasteiger partial charge < -0.3 is 23.0 Å². The number of thioether (sulfide) groups is 1. The van der Waals surface area contributed by atoms with Gasteiger partial charge in [0.15, 0.2) is 11.5 Å². The van der Waals surface area contributed by atoms with E-state index in [9.17, 15) is 4.79 Å². The molecule has 10 nitrogen and oxygen atoms in total. The summed E-state index contributed by atoms with van der Waals surface area (Å²) in [5.74, 6) is 2.21. The fraction of sp³-hybridized carbons (Fsp3) is 0.250. The van der Waals surface area contributed by atoms with Crippen molar-refractivity contribution in [3.63, 3.8) is 0 Å². The highest BCUT2D eigenvalue weighted by atomic mass is 32.2. The first kappa shape index (κ1) is 23.9. The molecule has 0 fully saturated rings. The molecule has 0 bridgehead atoms. The first-order valence-electron chi connectivity index (χ1n) is 10.8. The number of nitrogens with zero attached hydrogens (tertiary/aromatic N) is 4. The lowest BCUT2D eigenvalue weighted by molar-refractivity contribution is -0.130. The maximum absolute atomic E-state index is 13.2. The van der Waals surface area contributed by atoms with Crippen LogP contribution in [-0.2, 0) is 4.79 Å². The zero-order chi connectivity index (χ0) is 25.1. The topological polar surface area (TPSA) is 112 Å². The number of aromatic nitrogens is 2. The standard InChI is InChI=1S/C24H22N4O6S2/c1-30-18-10-14(11-19(31-2)22(18)32-3)23-25-26-24(34-23)36-13-21(29)28-16(17-6-4-8-33-17)12-15(27-28)20-7-5-9-35-20/h4-11,16H,12-13H2,1-3H3/t16-/m0/s1. The van der Waals surface area contributed by atoms with Gasteiger partial charge in [0.25, 0.3) is 11.1 Å². The number of rotatable bonds is 9. The van der Waals surface area contributed by atoms with E-state index in [0.29, 0.717) is 35.0 Å². The van der Waals surface area contributed by atoms with Gasteiger partial charge in [0.1, 0.15) is 11.8 Å². The number of methoxy groups -OCH3 is 3. The van der Waals surface area contributed by atoms with E-state index < -0.39 is 0 Å². The number of ether oxygens (including phenoxy) is 3. The summed E-state index contributed by atoms with van der Waals surface area (Å²) >= 11 is 2.73. The normalized spacial score (nSPS) is 15.1. The predicted molar refractivity (Wildman–Crippen MR) is 134 cm³/mol. The van der Waals surface area contributed by atoms with Crippen LogP contribution in [0.2, 0.25) is 0 Å². The molecule has 1 atom stereocenters. The van der Waals surface area contributed by atoms with Gasteiger partial charge in [0, 0.05) is 12.0 Å². The van der Waals surface area contributed by atoms with Crippen LogP contribution in [0, 0.1) is 0 Å². The van der Waals surface area contributed by atoms with E-state index in [4.69, 9.17) is 23.0 Å². The van der Waals surface area contributed by atoms with Gasteiger partial charge in [0.2, 0.25) is 11.6 Å². The summed E-state index contributed by atoms with van der Waals surface area (Å²) in [7, 11) is 4.59. The molecule has 36 heavy (non-hydrogen) atoms. The monoisotopic (exact) mass is 526 g/mol. The Morgan fingerprint density at radius 2 is 1.94 bits per heavy atom. The van der Waals surface area contributed by atoms with Crippen molar-refractivity contribution < 1.29 is 27.8 Å². The number of hydrazone groups is 1. The Balaban J connectivity index is 1.32. The van der Waals surface area contributed by atoms with Crippen molar-refractivity contribution in [3.05, 3.63) is 58.7 Å². The minimum atomic E-state index is -0.303. The van der Waals surface area contributed by atoms with E-state index in [1.165, 1.54) is 26.3 Å². The Morgan fingerprint density at radius 1 is 1.14 bits per heavy atom. The molecule has 0 unspecified atom stereocenters. The highest BCUT2D eigenvalue weighted by molar-refractivity contribution is 7.99. The van der Waals surface area contributed by atoms with Crippen LogP contribution < -0.4 is 14.2 Å². The molecule has 0 aliphatic carbocycles. The minimum Gasteiger partial charge on any atom is -0.493 e. The maximum atomic E-state index is 13.2. The van der Waals surface area contributed by atoms with Crippen molar-refractivity contribution in [1.82, 2.24) is 15.2 Å². The number of furan rings is 1. The van der Waals surface area contributed by atoms with Crippen molar-refractivity contribution in [3.8, 4) is 28.7 Å². The molecule has 0 saturated heterocycles. The Morgan fingerprint density at radius 3 is 2.58 bits per heavy atom. The van der Waals surface area contributed by atoms with Crippen LogP contribution in [-0.4, -0.2) is 53.9 Å². The number of carbonyl (C=O) groups excluding carboxylic acids is 1. The average Bonchev–Trinajstić information content (AvgIpc) is 3.71. The fourth-order valence-corrected chi connectivity index (χ4v) is 5.15. The molecule has 4 aromatic rings. The Kier molecular flexibility index (Phi) is 6.96. The van der Waals surface area contributed by atoms with Gasteiger partial charge in [-0.05, 0) is 35.7 Å². The van der Waals surface area contributed by atoms with Crippen molar-refractivity contribution in [2.24, 2.45) is 5.10 Å². The second kappa shape index (κ2) is 10.5. The highest BCUT2D eigenvalue weighted by Crippen LogP contribution is 2.41. The number of thiophene rings is 1. The molecule has 186 valence electrons. The second-order valence-corrected chi connectivity index (χ2v) is 9.45. The second-order valence-electron chi connectivity index (χ2n) is 7.57. The molecule has 1 aromatic carbocycles. The van der Waals surface area contributed by atoms with Crippen LogP contribution >= 0.6 is 23.1 Å². The number of benzene rings is 1. The summed E-state index contributed by atoms with van der Waals surface area (Å²) in [5.41, 5.74) is 1.45. The lowest BCUT2D eigenvalue weighted by atomic mass is 10.1. The molecule has 1 aliphatic rings. The SMILES string of the molecule is COc1cc(-c2nnc(SCC(=O)N3N=C(c4cccs4)C[C@H]3c3ccco3)o2)cc(OC)c1OC. The van der Waals surface area contributed by atoms with Crippen LogP contribution in [0.5, 0.6) is 17.2 Å². The van der Waals surface area contributed by atoms with Gasteiger partial charge in [-0.15, -0.1) is 21.5 Å². The summed E-state index contributed by atoms with van der Waals surface area (Å²) in [6.07, 6.45) is 2.18. The van der Waals surface area contributed by atoms with Crippen LogP contribution in [0.1, 0.15) is 23.1 Å². The number of amides is 1. The van der Waals surface area contributed by atoms with E-state index >= 15 is 0 Å². The van der Waals surface area contributed by atoms with Crippen molar-refractivity contribution in [2.75, 3.05) is 27.1 Å². The van der Waals surface area contributed by atoms with E-state index in [1.807, 2.05) is 23.6 Å². The molecule has 0 N–H and O–H groups in total. The Hall–Kier alpha value is -3.77. The molecule has 4 heterocycles. The summed E-state index contributed by atoms with van der Waals surface area (Å²) in [5, 5.41) is 16.5. The smallest absolute Gasteiger partial charge is 0.277 e. The number of carbonyl (C=O) groups is 1. The van der Waals surface area contributed by atoms with Gasteiger partial charge in [-0.2, -0.15) is 5.10 Å². The molecule has 3 aromatic heterocycles. The first-order chi connectivity index (χ1) is 17.6. The molecular formula is C24H22N4O6S2. The maximum Gasteiger partial charge on any atom is 0.277 e. The Labute approximate surface area is 214 Å². The van der Waals surface area contributed by atoms with Crippen LogP contribution in [0.25, 0.3) is 11.5 Å². The number of hydrogen-bond donors (Lipinski definition) is 0. The van der Waals surface area contributed by atoms with Crippen LogP contribution in [0.15, 0.2) is 67.2 Å². The average molecular weight is 527 g/mol. The molecule has 1 aliphatic heterocycles. The molecule has 12 heteroatoms. The molecule has 5 rings (SSSR count). The summed E-state index contributed by atoms with van der Waals surface area (Å²) in [6.45, 7) is 0. The third-order valence-electron chi connectivity index (χ3n) is 5.48. The summed E-state index contributed by atoms with van der Waals surface area (Å²) in [6, 6.07) is 10.7. The summed E-state index contributed by atoms with van der Waals surface area (Å²) in [4.78, 5) is 14.2. The third-order valence-corrected chi connectivity index (χ3v) is 7.20. The highest BCUT2D eigenvalue weighted by Gasteiger charge is 2.35. The summed E-state index contributed by atoms with van der Waals surface area (Å²) < 4.78 is 27.5. The fourth-order valence-electron chi connectivity index (χ4n) is 3.81. The minimum absolute atomic E-state index is 0.0648. The molecule has 0 spiro atoms. The van der Waals surface area contributed by atoms with E-state index in [1.54, 1.807) is 35.8 Å². The lowest BCUT2D eigenvalue weighted by Crippen LogP contribution is -2.28. The van der Waals surface area contributed by atoms with Crippen molar-refractivity contribution >= 4 is 34.7 Å². The van der Waals surface area contributed by atoms with Crippen LogP contribution in [0.3, 0.4) is 0 Å². The van der Waals surface area contributed by atoms with Gasteiger partial charge in [-0.25, -0.2) is 5.01 Å². The first-order valence-corrected chi connectivity index (χ1v) is 12.7. The van der Waals surface area contributed by atoms with E-state index in [2.05, 4.69) is 15.3 Å². The quantitative estimate of drug-likeness (QED) is 0.281. The van der Waals surface area contributed by atoms with E-state index in [-0.39, 0.29) is 28.8 Å². The van der Waals surface area contributed by atoms with Gasteiger partial charge >= 0.3 is 0 Å². The largest absolute Gasteiger partial charge is 0.493 e. The van der Waals surface area contributed by atoms with Crippen molar-refractivity contribution in [1.29, 1.82) is 0 Å². The van der Waals surface area contributed by atoms with Gasteiger partial charge in [-0.1, -0.05) is 17.8 Å². The Bertz CT molecular complexity index is 1340.